The van der Waals surface area contributed by atoms with E-state index in [2.05, 4.69) is 21.6 Å². The fourth-order valence-corrected chi connectivity index (χ4v) is 2.86. The fraction of sp³-hybridized carbons (Fsp3) is 0.0588. The van der Waals surface area contributed by atoms with Crippen molar-refractivity contribution in [2.24, 2.45) is 0 Å². The summed E-state index contributed by atoms with van der Waals surface area (Å²) in [5, 5.41) is 5.69. The number of carbonyl (C=O) groups is 1. The van der Waals surface area contributed by atoms with Crippen LogP contribution in [0.2, 0.25) is 0 Å². The van der Waals surface area contributed by atoms with Crippen molar-refractivity contribution in [2.75, 3.05) is 0 Å². The normalized spacial score (nSPS) is 11.8. The number of nitrogens with zero attached hydrogens (tertiary/aromatic N) is 4. The molecular weight excluding hydrogens is 324 g/mol. The Kier molecular flexibility index (Phi) is 4.72. The second kappa shape index (κ2) is 7.10. The minimum absolute atomic E-state index is 0.226. The molecule has 1 atom stereocenters. The Morgan fingerprint density at radius 2 is 2.04 bits per heavy atom. The highest BCUT2D eigenvalue weighted by Crippen LogP contribution is 2.12. The van der Waals surface area contributed by atoms with Gasteiger partial charge in [-0.05, 0) is 23.8 Å². The van der Waals surface area contributed by atoms with Crippen LogP contribution in [0.5, 0.6) is 0 Å². The van der Waals surface area contributed by atoms with Crippen LogP contribution in [0.1, 0.15) is 21.6 Å². The largest absolute Gasteiger partial charge is 0.287 e. The Bertz CT molecular complexity index is 906. The predicted octanol–water partition coefficient (Wildman–Crippen LogP) is 2.20. The second-order valence-corrected chi connectivity index (χ2v) is 6.37. The van der Waals surface area contributed by atoms with Gasteiger partial charge in [0.1, 0.15) is 12.0 Å². The van der Waals surface area contributed by atoms with E-state index in [1.807, 2.05) is 18.2 Å². The Morgan fingerprint density at radius 3 is 2.79 bits per heavy atom. The van der Waals surface area contributed by atoms with E-state index in [1.165, 1.54) is 24.1 Å². The molecule has 3 aromatic rings. The molecule has 0 aliphatic rings. The summed E-state index contributed by atoms with van der Waals surface area (Å²) < 4.78 is 13.4. The van der Waals surface area contributed by atoms with Gasteiger partial charge in [0.05, 0.1) is 22.9 Å². The van der Waals surface area contributed by atoms with Crippen LogP contribution in [0.4, 0.5) is 0 Å². The molecule has 2 aromatic heterocycles. The molecule has 0 spiro atoms. The standard InChI is InChI=1S/C17H14N4O2S/c1-2-24(23)15-5-3-4-13(8-15)11-21-7-6-16(20-21)17(22)14-9-18-12-19-10-14/h2-10,12H,1,11H2/t24-/m0/s1. The van der Waals surface area contributed by atoms with E-state index in [1.54, 1.807) is 23.0 Å². The predicted molar refractivity (Wildman–Crippen MR) is 89.8 cm³/mol. The molecule has 3 rings (SSSR count). The summed E-state index contributed by atoms with van der Waals surface area (Å²) in [5.74, 6) is -0.226. The summed E-state index contributed by atoms with van der Waals surface area (Å²) in [6, 6.07) is 9.03. The molecule has 1 aromatic carbocycles. The minimum atomic E-state index is -1.22. The van der Waals surface area contributed by atoms with E-state index in [0.29, 0.717) is 22.7 Å². The van der Waals surface area contributed by atoms with E-state index < -0.39 is 10.8 Å². The van der Waals surface area contributed by atoms with Gasteiger partial charge in [-0.15, -0.1) is 0 Å². The number of carbonyl (C=O) groups excluding carboxylic acids is 1. The summed E-state index contributed by atoms with van der Waals surface area (Å²) in [6.45, 7) is 4.01. The van der Waals surface area contributed by atoms with E-state index >= 15 is 0 Å². The summed E-state index contributed by atoms with van der Waals surface area (Å²) >= 11 is 0. The Hall–Kier alpha value is -2.93. The molecular formula is C17H14N4O2S. The number of aromatic nitrogens is 4. The maximum absolute atomic E-state index is 12.3. The van der Waals surface area contributed by atoms with E-state index in [4.69, 9.17) is 0 Å². The molecule has 7 heteroatoms. The van der Waals surface area contributed by atoms with E-state index in [-0.39, 0.29) is 5.78 Å². The molecule has 0 saturated heterocycles. The minimum Gasteiger partial charge on any atom is -0.287 e. The number of benzene rings is 1. The van der Waals surface area contributed by atoms with Gasteiger partial charge in [0.2, 0.25) is 5.78 Å². The van der Waals surface area contributed by atoms with Gasteiger partial charge in [0.25, 0.3) is 0 Å². The molecule has 120 valence electrons. The van der Waals surface area contributed by atoms with Crippen LogP contribution in [0.3, 0.4) is 0 Å². The third kappa shape index (κ3) is 3.52. The molecule has 0 aliphatic carbocycles. The number of hydrogen-bond acceptors (Lipinski definition) is 5. The lowest BCUT2D eigenvalue weighted by Crippen LogP contribution is -2.06. The second-order valence-electron chi connectivity index (χ2n) is 4.97. The van der Waals surface area contributed by atoms with Crippen molar-refractivity contribution in [3.8, 4) is 0 Å². The zero-order valence-electron chi connectivity index (χ0n) is 12.7. The molecule has 0 unspecified atom stereocenters. The van der Waals surface area contributed by atoms with Crippen LogP contribution < -0.4 is 0 Å². The van der Waals surface area contributed by atoms with Gasteiger partial charge in [0, 0.05) is 28.9 Å². The van der Waals surface area contributed by atoms with Gasteiger partial charge < -0.3 is 0 Å². The van der Waals surface area contributed by atoms with Crippen molar-refractivity contribution in [3.05, 3.63) is 84.1 Å². The zero-order valence-corrected chi connectivity index (χ0v) is 13.5. The molecule has 0 aliphatic heterocycles. The smallest absolute Gasteiger partial charge is 0.216 e. The van der Waals surface area contributed by atoms with Crippen molar-refractivity contribution in [1.29, 1.82) is 0 Å². The highest BCUT2D eigenvalue weighted by molar-refractivity contribution is 7.88. The van der Waals surface area contributed by atoms with Gasteiger partial charge in [-0.1, -0.05) is 18.7 Å². The third-order valence-electron chi connectivity index (χ3n) is 3.32. The van der Waals surface area contributed by atoms with Crippen LogP contribution >= 0.6 is 0 Å². The van der Waals surface area contributed by atoms with Crippen LogP contribution in [0.15, 0.2) is 72.1 Å². The van der Waals surface area contributed by atoms with Crippen LogP contribution in [0, 0.1) is 0 Å². The molecule has 0 bridgehead atoms. The third-order valence-corrected chi connectivity index (χ3v) is 4.34. The lowest BCUT2D eigenvalue weighted by Gasteiger charge is -2.04. The highest BCUT2D eigenvalue weighted by Gasteiger charge is 2.13. The van der Waals surface area contributed by atoms with Crippen molar-refractivity contribution in [1.82, 2.24) is 19.7 Å². The first kappa shape index (κ1) is 15.9. The summed E-state index contributed by atoms with van der Waals surface area (Å²) in [6.07, 6.45) is 6.02. The number of rotatable bonds is 6. The molecule has 0 saturated carbocycles. The van der Waals surface area contributed by atoms with Crippen LogP contribution in [0.25, 0.3) is 0 Å². The van der Waals surface area contributed by atoms with Gasteiger partial charge in [0.15, 0.2) is 0 Å². The maximum atomic E-state index is 12.3. The number of hydrogen-bond donors (Lipinski definition) is 0. The summed E-state index contributed by atoms with van der Waals surface area (Å²) in [4.78, 5) is 20.6. The molecule has 24 heavy (non-hydrogen) atoms. The average molecular weight is 338 g/mol. The SMILES string of the molecule is C=C[S@](=O)c1cccc(Cn2ccc(C(=O)c3cncnc3)n2)c1. The summed E-state index contributed by atoms with van der Waals surface area (Å²) in [5.41, 5.74) is 1.66. The average Bonchev–Trinajstić information content (AvgIpc) is 3.09. The zero-order chi connectivity index (χ0) is 16.9. The topological polar surface area (TPSA) is 77.7 Å². The quantitative estimate of drug-likeness (QED) is 0.644. The first-order valence-corrected chi connectivity index (χ1v) is 8.34. The number of ketones is 1. The highest BCUT2D eigenvalue weighted by atomic mass is 32.2. The van der Waals surface area contributed by atoms with Gasteiger partial charge in [-0.2, -0.15) is 5.10 Å². The van der Waals surface area contributed by atoms with Crippen molar-refractivity contribution in [2.45, 2.75) is 11.4 Å². The fourth-order valence-electron chi connectivity index (χ4n) is 2.19. The van der Waals surface area contributed by atoms with Crippen molar-refractivity contribution >= 4 is 16.6 Å². The first-order valence-electron chi connectivity index (χ1n) is 7.12. The van der Waals surface area contributed by atoms with Crippen molar-refractivity contribution < 1.29 is 9.00 Å². The monoisotopic (exact) mass is 338 g/mol. The maximum Gasteiger partial charge on any atom is 0.216 e. The Balaban J connectivity index is 1.78. The molecule has 0 amide bonds. The molecule has 0 fully saturated rings. The Labute approximate surface area is 141 Å². The van der Waals surface area contributed by atoms with Crippen LogP contribution in [-0.2, 0) is 17.3 Å². The van der Waals surface area contributed by atoms with Crippen LogP contribution in [-0.4, -0.2) is 29.7 Å². The van der Waals surface area contributed by atoms with Gasteiger partial charge in [-0.25, -0.2) is 14.2 Å². The molecule has 6 nitrogen and oxygen atoms in total. The lowest BCUT2D eigenvalue weighted by molar-refractivity contribution is 0.103. The van der Waals surface area contributed by atoms with Gasteiger partial charge in [-0.3, -0.25) is 9.48 Å². The first-order chi connectivity index (χ1) is 11.7. The van der Waals surface area contributed by atoms with E-state index in [9.17, 15) is 9.00 Å². The molecule has 2 heterocycles. The van der Waals surface area contributed by atoms with Gasteiger partial charge >= 0.3 is 0 Å². The summed E-state index contributed by atoms with van der Waals surface area (Å²) in [7, 11) is -1.22. The van der Waals surface area contributed by atoms with E-state index in [0.717, 1.165) is 5.56 Å². The Morgan fingerprint density at radius 1 is 1.25 bits per heavy atom. The molecule has 0 N–H and O–H groups in total. The molecule has 0 radical (unpaired) electrons. The van der Waals surface area contributed by atoms with Crippen molar-refractivity contribution in [3.63, 3.8) is 0 Å². The lowest BCUT2D eigenvalue weighted by atomic mass is 10.2.